The summed E-state index contributed by atoms with van der Waals surface area (Å²) >= 11 is 0. The molecule has 0 bridgehead atoms. The van der Waals surface area contributed by atoms with Gasteiger partial charge in [0.15, 0.2) is 5.96 Å². The summed E-state index contributed by atoms with van der Waals surface area (Å²) < 4.78 is 39.8. The van der Waals surface area contributed by atoms with Crippen LogP contribution in [0.15, 0.2) is 41.7 Å². The molecular weight excluding hydrogens is 470 g/mol. The van der Waals surface area contributed by atoms with Crippen molar-refractivity contribution in [3.8, 4) is 0 Å². The van der Waals surface area contributed by atoms with E-state index in [0.29, 0.717) is 25.0 Å². The van der Waals surface area contributed by atoms with Crippen molar-refractivity contribution in [3.63, 3.8) is 0 Å². The molecule has 2 N–H and O–H groups in total. The molecule has 2 rings (SSSR count). The van der Waals surface area contributed by atoms with Crippen LogP contribution in [0.2, 0.25) is 0 Å². The van der Waals surface area contributed by atoms with Gasteiger partial charge in [0.2, 0.25) is 0 Å². The molecule has 0 saturated carbocycles. The smallest absolute Gasteiger partial charge is 0.352 e. The van der Waals surface area contributed by atoms with E-state index in [9.17, 15) is 13.2 Å². The molecule has 0 amide bonds. The standard InChI is InChI=1S/C18H24F3N5.HI/c1-13(2)12-26-9-8-23-16(26)11-25-17(22-3)24-10-14-4-6-15(7-5-14)18(19,20)21;/h4-9,13H,10-12H2,1-3H3,(H2,22,24,25);1H. The second-order valence-electron chi connectivity index (χ2n) is 6.36. The van der Waals surface area contributed by atoms with Crippen LogP contribution in [0.4, 0.5) is 13.2 Å². The van der Waals surface area contributed by atoms with Crippen LogP contribution >= 0.6 is 24.0 Å². The van der Waals surface area contributed by atoms with E-state index in [0.717, 1.165) is 30.1 Å². The summed E-state index contributed by atoms with van der Waals surface area (Å²) in [5.41, 5.74) is 0.0861. The Balaban J connectivity index is 0.00000364. The van der Waals surface area contributed by atoms with Gasteiger partial charge in [0, 0.05) is 32.5 Å². The summed E-state index contributed by atoms with van der Waals surface area (Å²) in [5.74, 6) is 1.97. The molecule has 0 radical (unpaired) electrons. The zero-order valence-corrected chi connectivity index (χ0v) is 17.9. The predicted octanol–water partition coefficient (Wildman–Crippen LogP) is 4.04. The van der Waals surface area contributed by atoms with Gasteiger partial charge in [0.05, 0.1) is 12.1 Å². The zero-order valence-electron chi connectivity index (χ0n) is 15.5. The zero-order chi connectivity index (χ0) is 19.2. The Kier molecular flexibility index (Phi) is 9.07. The maximum Gasteiger partial charge on any atom is 0.416 e. The number of guanidine groups is 1. The Morgan fingerprint density at radius 1 is 1.15 bits per heavy atom. The Bertz CT molecular complexity index is 723. The minimum atomic E-state index is -4.32. The summed E-state index contributed by atoms with van der Waals surface area (Å²) in [6.45, 7) is 6.04. The van der Waals surface area contributed by atoms with Crippen molar-refractivity contribution >= 4 is 29.9 Å². The highest BCUT2D eigenvalue weighted by Crippen LogP contribution is 2.29. The molecule has 0 unspecified atom stereocenters. The van der Waals surface area contributed by atoms with Crippen LogP contribution in [0.5, 0.6) is 0 Å². The summed E-state index contributed by atoms with van der Waals surface area (Å²) in [6, 6.07) is 5.07. The minimum absolute atomic E-state index is 0. The number of hydrogen-bond acceptors (Lipinski definition) is 2. The van der Waals surface area contributed by atoms with E-state index in [2.05, 4.69) is 39.0 Å². The molecule has 1 aromatic heterocycles. The third kappa shape index (κ3) is 7.39. The van der Waals surface area contributed by atoms with Crippen molar-refractivity contribution in [1.29, 1.82) is 0 Å². The normalized spacial score (nSPS) is 12.0. The lowest BCUT2D eigenvalue weighted by Crippen LogP contribution is -2.37. The first-order valence-electron chi connectivity index (χ1n) is 8.40. The van der Waals surface area contributed by atoms with Crippen molar-refractivity contribution in [2.75, 3.05) is 7.05 Å². The number of rotatable bonds is 6. The van der Waals surface area contributed by atoms with Gasteiger partial charge in [-0.1, -0.05) is 26.0 Å². The van der Waals surface area contributed by atoms with Gasteiger partial charge in [-0.05, 0) is 23.6 Å². The molecule has 0 aliphatic heterocycles. The quantitative estimate of drug-likeness (QED) is 0.362. The predicted molar refractivity (Wildman–Crippen MR) is 111 cm³/mol. The molecule has 0 aliphatic carbocycles. The van der Waals surface area contributed by atoms with Gasteiger partial charge in [0.1, 0.15) is 5.82 Å². The van der Waals surface area contributed by atoms with Gasteiger partial charge in [-0.2, -0.15) is 13.2 Å². The van der Waals surface area contributed by atoms with Crippen LogP contribution in [-0.4, -0.2) is 22.6 Å². The van der Waals surface area contributed by atoms with Crippen LogP contribution in [0, 0.1) is 5.92 Å². The number of hydrogen-bond donors (Lipinski definition) is 2. The van der Waals surface area contributed by atoms with Crippen LogP contribution in [0.25, 0.3) is 0 Å². The summed E-state index contributed by atoms with van der Waals surface area (Å²) in [4.78, 5) is 8.46. The Hall–Kier alpha value is -1.78. The fourth-order valence-electron chi connectivity index (χ4n) is 2.45. The van der Waals surface area contributed by atoms with Crippen molar-refractivity contribution in [2.45, 2.75) is 39.7 Å². The summed E-state index contributed by atoms with van der Waals surface area (Å²) in [5, 5.41) is 6.25. The number of nitrogens with zero attached hydrogens (tertiary/aromatic N) is 3. The van der Waals surface area contributed by atoms with E-state index in [4.69, 9.17) is 0 Å². The molecule has 27 heavy (non-hydrogen) atoms. The second-order valence-corrected chi connectivity index (χ2v) is 6.36. The maximum absolute atomic E-state index is 12.6. The lowest BCUT2D eigenvalue weighted by molar-refractivity contribution is -0.137. The van der Waals surface area contributed by atoms with E-state index in [1.807, 2.05) is 6.20 Å². The highest BCUT2D eigenvalue weighted by molar-refractivity contribution is 14.0. The molecule has 0 atom stereocenters. The number of benzene rings is 1. The molecule has 9 heteroatoms. The Morgan fingerprint density at radius 3 is 2.33 bits per heavy atom. The largest absolute Gasteiger partial charge is 0.416 e. The van der Waals surface area contributed by atoms with Gasteiger partial charge >= 0.3 is 6.18 Å². The molecule has 2 aromatic rings. The van der Waals surface area contributed by atoms with Gasteiger partial charge in [0.25, 0.3) is 0 Å². The molecule has 1 aromatic carbocycles. The van der Waals surface area contributed by atoms with Crippen LogP contribution in [-0.2, 0) is 25.8 Å². The molecule has 0 spiro atoms. The van der Waals surface area contributed by atoms with Crippen LogP contribution < -0.4 is 10.6 Å². The number of halogens is 4. The lowest BCUT2D eigenvalue weighted by atomic mass is 10.1. The Labute approximate surface area is 174 Å². The van der Waals surface area contributed by atoms with Crippen LogP contribution in [0.3, 0.4) is 0 Å². The molecule has 0 fully saturated rings. The number of nitrogens with one attached hydrogen (secondary N) is 2. The number of aromatic nitrogens is 2. The van der Waals surface area contributed by atoms with Crippen molar-refractivity contribution in [1.82, 2.24) is 20.2 Å². The Morgan fingerprint density at radius 2 is 1.78 bits per heavy atom. The van der Waals surface area contributed by atoms with E-state index < -0.39 is 11.7 Å². The second kappa shape index (κ2) is 10.5. The highest BCUT2D eigenvalue weighted by atomic mass is 127. The summed E-state index contributed by atoms with van der Waals surface area (Å²) in [6.07, 6.45) is -0.616. The molecule has 150 valence electrons. The van der Waals surface area contributed by atoms with E-state index in [-0.39, 0.29) is 24.0 Å². The third-order valence-electron chi connectivity index (χ3n) is 3.74. The first-order chi connectivity index (χ1) is 12.3. The van der Waals surface area contributed by atoms with Gasteiger partial charge in [-0.3, -0.25) is 4.99 Å². The fraction of sp³-hybridized carbons (Fsp3) is 0.444. The molecule has 0 saturated heterocycles. The minimum Gasteiger partial charge on any atom is -0.352 e. The average molecular weight is 495 g/mol. The fourth-order valence-corrected chi connectivity index (χ4v) is 2.45. The number of aliphatic imine (C=N–C) groups is 1. The first kappa shape index (κ1) is 23.3. The van der Waals surface area contributed by atoms with Crippen molar-refractivity contribution in [3.05, 3.63) is 53.6 Å². The number of imidazole rings is 1. The first-order valence-corrected chi connectivity index (χ1v) is 8.40. The average Bonchev–Trinajstić information content (AvgIpc) is 3.01. The number of alkyl halides is 3. The molecular formula is C18H25F3IN5. The lowest BCUT2D eigenvalue weighted by Gasteiger charge is -2.14. The van der Waals surface area contributed by atoms with E-state index in [1.165, 1.54) is 12.1 Å². The third-order valence-corrected chi connectivity index (χ3v) is 3.74. The highest BCUT2D eigenvalue weighted by Gasteiger charge is 2.29. The van der Waals surface area contributed by atoms with Crippen LogP contribution in [0.1, 0.15) is 30.8 Å². The SMILES string of the molecule is CN=C(NCc1ccc(C(F)(F)F)cc1)NCc1nccn1CC(C)C.I. The monoisotopic (exact) mass is 495 g/mol. The summed E-state index contributed by atoms with van der Waals surface area (Å²) in [7, 11) is 1.64. The maximum atomic E-state index is 12.6. The molecule has 1 heterocycles. The molecule has 0 aliphatic rings. The van der Waals surface area contributed by atoms with Crippen molar-refractivity contribution in [2.24, 2.45) is 10.9 Å². The van der Waals surface area contributed by atoms with Crippen molar-refractivity contribution < 1.29 is 13.2 Å². The van der Waals surface area contributed by atoms with Gasteiger partial charge < -0.3 is 15.2 Å². The van der Waals surface area contributed by atoms with E-state index in [1.54, 1.807) is 13.2 Å². The van der Waals surface area contributed by atoms with Gasteiger partial charge in [-0.25, -0.2) is 4.98 Å². The van der Waals surface area contributed by atoms with Gasteiger partial charge in [-0.15, -0.1) is 24.0 Å². The van der Waals surface area contributed by atoms with E-state index >= 15 is 0 Å². The molecule has 5 nitrogen and oxygen atoms in total. The topological polar surface area (TPSA) is 54.2 Å².